The van der Waals surface area contributed by atoms with E-state index in [0.717, 1.165) is 24.2 Å². The van der Waals surface area contributed by atoms with Gasteiger partial charge in [-0.2, -0.15) is 11.8 Å². The van der Waals surface area contributed by atoms with Crippen molar-refractivity contribution < 1.29 is 23.5 Å². The summed E-state index contributed by atoms with van der Waals surface area (Å²) in [4.78, 5) is 22.8. The van der Waals surface area contributed by atoms with Crippen molar-refractivity contribution in [2.45, 2.75) is 25.0 Å². The first-order valence-corrected chi connectivity index (χ1v) is 7.55. The highest BCUT2D eigenvalue weighted by molar-refractivity contribution is 7.98. The van der Waals surface area contributed by atoms with E-state index in [-0.39, 0.29) is 17.1 Å². The number of esters is 2. The highest BCUT2D eigenvalue weighted by Crippen LogP contribution is 2.51. The molecule has 20 heavy (non-hydrogen) atoms. The molecule has 110 valence electrons. The quantitative estimate of drug-likeness (QED) is 0.721. The summed E-state index contributed by atoms with van der Waals surface area (Å²) in [5.41, 5.74) is 0.920. The Labute approximate surface area is 122 Å². The van der Waals surface area contributed by atoms with Crippen molar-refractivity contribution in [3.05, 3.63) is 23.7 Å². The van der Waals surface area contributed by atoms with Gasteiger partial charge in [0.15, 0.2) is 0 Å². The number of rotatable bonds is 7. The average Bonchev–Trinajstić information content (AvgIpc) is 3.04. The van der Waals surface area contributed by atoms with Crippen LogP contribution in [0.15, 0.2) is 16.7 Å². The third-order valence-corrected chi connectivity index (χ3v) is 4.82. The second-order valence-electron chi connectivity index (χ2n) is 5.01. The van der Waals surface area contributed by atoms with Crippen molar-refractivity contribution in [2.75, 3.05) is 20.0 Å². The van der Waals surface area contributed by atoms with E-state index in [9.17, 15) is 9.59 Å². The van der Waals surface area contributed by atoms with Crippen LogP contribution < -0.4 is 0 Å². The van der Waals surface area contributed by atoms with Gasteiger partial charge in [-0.25, -0.2) is 4.79 Å². The molecular weight excluding hydrogens is 280 g/mol. The fourth-order valence-electron chi connectivity index (χ4n) is 2.03. The number of methoxy groups -OCH3 is 2. The van der Waals surface area contributed by atoms with Gasteiger partial charge in [0, 0.05) is 11.3 Å². The molecule has 1 heterocycles. The molecule has 1 aliphatic rings. The number of carbonyl (C=O) groups is 2. The molecule has 5 nitrogen and oxygen atoms in total. The first-order chi connectivity index (χ1) is 9.60. The number of carbonyl (C=O) groups excluding carboxylic acids is 2. The van der Waals surface area contributed by atoms with Crippen LogP contribution in [0.2, 0.25) is 0 Å². The van der Waals surface area contributed by atoms with E-state index in [1.54, 1.807) is 17.8 Å². The van der Waals surface area contributed by atoms with Gasteiger partial charge in [0.25, 0.3) is 0 Å². The summed E-state index contributed by atoms with van der Waals surface area (Å²) in [5.74, 6) is 1.21. The predicted octanol–water partition coefficient (Wildman–Crippen LogP) is 2.64. The van der Waals surface area contributed by atoms with Crippen LogP contribution in [0.3, 0.4) is 0 Å². The maximum absolute atomic E-state index is 11.5. The molecule has 0 unspecified atom stereocenters. The molecule has 0 aromatic carbocycles. The highest BCUT2D eigenvalue weighted by Gasteiger charge is 2.44. The smallest absolute Gasteiger partial charge is 0.374 e. The summed E-state index contributed by atoms with van der Waals surface area (Å²) in [6.45, 7) is 0. The molecule has 1 aliphatic carbocycles. The molecule has 0 saturated heterocycles. The van der Waals surface area contributed by atoms with Crippen LogP contribution in [-0.4, -0.2) is 31.9 Å². The van der Waals surface area contributed by atoms with Gasteiger partial charge in [-0.15, -0.1) is 0 Å². The maximum Gasteiger partial charge on any atom is 0.374 e. The lowest BCUT2D eigenvalue weighted by Gasteiger charge is -2.12. The molecule has 0 N–H and O–H groups in total. The Hall–Kier alpha value is -1.43. The zero-order chi connectivity index (χ0) is 14.6. The minimum Gasteiger partial charge on any atom is -0.469 e. The lowest BCUT2D eigenvalue weighted by Crippen LogP contribution is -2.13. The molecule has 1 saturated carbocycles. The van der Waals surface area contributed by atoms with E-state index < -0.39 is 5.97 Å². The van der Waals surface area contributed by atoms with Gasteiger partial charge in [-0.1, -0.05) is 0 Å². The van der Waals surface area contributed by atoms with Crippen LogP contribution in [0.5, 0.6) is 0 Å². The molecule has 0 bridgehead atoms. The van der Waals surface area contributed by atoms with Crippen LogP contribution in [0.25, 0.3) is 0 Å². The second-order valence-corrected chi connectivity index (χ2v) is 6.00. The fourth-order valence-corrected chi connectivity index (χ4v) is 3.40. The van der Waals surface area contributed by atoms with Crippen LogP contribution in [0.4, 0.5) is 0 Å². The molecule has 0 amide bonds. The van der Waals surface area contributed by atoms with Crippen LogP contribution in [0.1, 0.15) is 35.4 Å². The van der Waals surface area contributed by atoms with E-state index >= 15 is 0 Å². The minimum atomic E-state index is -0.457. The van der Waals surface area contributed by atoms with Gasteiger partial charge in [-0.05, 0) is 30.1 Å². The monoisotopic (exact) mass is 298 g/mol. The van der Waals surface area contributed by atoms with Gasteiger partial charge in [0.05, 0.1) is 26.9 Å². The molecule has 0 radical (unpaired) electrons. The van der Waals surface area contributed by atoms with Gasteiger partial charge in [-0.3, -0.25) is 4.79 Å². The summed E-state index contributed by atoms with van der Waals surface area (Å²) < 4.78 is 14.5. The third-order valence-electron chi connectivity index (χ3n) is 3.49. The number of hydrogen-bond acceptors (Lipinski definition) is 6. The summed E-state index contributed by atoms with van der Waals surface area (Å²) >= 11 is 1.70. The second kappa shape index (κ2) is 6.35. The molecule has 1 aromatic rings. The lowest BCUT2D eigenvalue weighted by atomic mass is 10.1. The van der Waals surface area contributed by atoms with Crippen molar-refractivity contribution in [3.63, 3.8) is 0 Å². The van der Waals surface area contributed by atoms with E-state index in [4.69, 9.17) is 9.15 Å². The topological polar surface area (TPSA) is 65.7 Å². The molecule has 0 aliphatic heterocycles. The molecule has 1 fully saturated rings. The van der Waals surface area contributed by atoms with Crippen LogP contribution in [0, 0.1) is 5.41 Å². The lowest BCUT2D eigenvalue weighted by molar-refractivity contribution is -0.141. The Morgan fingerprint density at radius 1 is 1.35 bits per heavy atom. The number of furan rings is 1. The Morgan fingerprint density at radius 2 is 2.10 bits per heavy atom. The Kier molecular flexibility index (Phi) is 4.75. The van der Waals surface area contributed by atoms with E-state index in [1.807, 2.05) is 0 Å². The summed E-state index contributed by atoms with van der Waals surface area (Å²) in [6.07, 6.45) is 4.09. The SMILES string of the molecule is COC(=O)CC1(CSCc2ccoc2C(=O)OC)CC1. The van der Waals surface area contributed by atoms with Crippen molar-refractivity contribution in [2.24, 2.45) is 5.41 Å². The standard InChI is InChI=1S/C14H18O5S/c1-17-11(15)7-14(4-5-14)9-20-8-10-3-6-19-12(10)13(16)18-2/h3,6H,4-5,7-9H2,1-2H3. The zero-order valence-corrected chi connectivity index (χ0v) is 12.5. The molecule has 6 heteroatoms. The molecule has 2 rings (SSSR count). The number of hydrogen-bond donors (Lipinski definition) is 0. The first-order valence-electron chi connectivity index (χ1n) is 6.39. The van der Waals surface area contributed by atoms with E-state index in [1.165, 1.54) is 20.5 Å². The molecule has 0 atom stereocenters. The van der Waals surface area contributed by atoms with Crippen molar-refractivity contribution in [1.82, 2.24) is 0 Å². The van der Waals surface area contributed by atoms with Crippen molar-refractivity contribution in [3.8, 4) is 0 Å². The largest absolute Gasteiger partial charge is 0.469 e. The van der Waals surface area contributed by atoms with Crippen molar-refractivity contribution in [1.29, 1.82) is 0 Å². The average molecular weight is 298 g/mol. The zero-order valence-electron chi connectivity index (χ0n) is 11.6. The third kappa shape index (κ3) is 3.56. The molecule has 0 spiro atoms. The maximum atomic E-state index is 11.5. The minimum absolute atomic E-state index is 0.0902. The van der Waals surface area contributed by atoms with Gasteiger partial charge in [0.1, 0.15) is 0 Å². The summed E-state index contributed by atoms with van der Waals surface area (Å²) in [6, 6.07) is 1.78. The Balaban J connectivity index is 1.83. The summed E-state index contributed by atoms with van der Waals surface area (Å²) in [5, 5.41) is 0. The van der Waals surface area contributed by atoms with Crippen molar-refractivity contribution >= 4 is 23.7 Å². The normalized spacial score (nSPS) is 15.7. The van der Waals surface area contributed by atoms with Gasteiger partial charge in [0.2, 0.25) is 5.76 Å². The first kappa shape index (κ1) is 15.0. The van der Waals surface area contributed by atoms with Gasteiger partial charge < -0.3 is 13.9 Å². The molecular formula is C14H18O5S. The highest BCUT2D eigenvalue weighted by atomic mass is 32.2. The van der Waals surface area contributed by atoms with Crippen LogP contribution in [-0.2, 0) is 20.0 Å². The number of ether oxygens (including phenoxy) is 2. The van der Waals surface area contributed by atoms with E-state index in [0.29, 0.717) is 12.2 Å². The van der Waals surface area contributed by atoms with Crippen LogP contribution >= 0.6 is 11.8 Å². The Bertz CT molecular complexity index is 490. The fraction of sp³-hybridized carbons (Fsp3) is 0.571. The number of thioether (sulfide) groups is 1. The summed E-state index contributed by atoms with van der Waals surface area (Å²) in [7, 11) is 2.75. The van der Waals surface area contributed by atoms with Gasteiger partial charge >= 0.3 is 11.9 Å². The molecule has 1 aromatic heterocycles. The predicted molar refractivity (Wildman–Crippen MR) is 74.5 cm³/mol. The Morgan fingerprint density at radius 3 is 2.70 bits per heavy atom. The van der Waals surface area contributed by atoms with E-state index in [2.05, 4.69) is 4.74 Å².